The molecule has 0 bridgehead atoms. The average molecular weight is 126 g/mol. The molecule has 0 saturated heterocycles. The van der Waals surface area contributed by atoms with E-state index in [9.17, 15) is 4.57 Å². The lowest BCUT2D eigenvalue weighted by molar-refractivity contribution is 0.601. The van der Waals surface area contributed by atoms with Crippen molar-refractivity contribution in [1.29, 1.82) is 0 Å². The van der Waals surface area contributed by atoms with Gasteiger partial charge < -0.3 is 0 Å². The van der Waals surface area contributed by atoms with Crippen LogP contribution in [0.2, 0.25) is 0 Å². The van der Waals surface area contributed by atoms with Crippen LogP contribution >= 0.6 is 8.46 Å². The lowest BCUT2D eigenvalue weighted by atomic mass is 10.2. The molecule has 42 valence electrons. The summed E-state index contributed by atoms with van der Waals surface area (Å²) in [7, 11) is 0.151. The highest BCUT2D eigenvalue weighted by Crippen LogP contribution is 2.18. The maximum absolute atomic E-state index is 10.1. The molecule has 0 aromatic heterocycles. The van der Waals surface area contributed by atoms with Gasteiger partial charge in [-0.3, -0.25) is 4.57 Å². The van der Waals surface area contributed by atoms with E-state index in [0.717, 1.165) is 18.2 Å². The molecular weight excluding hydrogens is 119 g/mol. The van der Waals surface area contributed by atoms with E-state index in [1.165, 1.54) is 0 Å². The molecule has 0 saturated carbocycles. The first-order valence-corrected chi connectivity index (χ1v) is 3.45. The van der Waals surface area contributed by atoms with Crippen LogP contribution < -0.4 is 0 Å². The number of hydrogen-bond donors (Lipinski definition) is 0. The van der Waals surface area contributed by atoms with E-state index >= 15 is 0 Å². The van der Waals surface area contributed by atoms with Crippen LogP contribution in [0, 0.1) is 0 Å². The topological polar surface area (TPSA) is 17.1 Å². The van der Waals surface area contributed by atoms with E-state index in [2.05, 4.69) is 0 Å². The lowest BCUT2D eigenvalue weighted by Gasteiger charge is -1.94. The molecular formula is C6H7OP. The molecule has 1 rings (SSSR count). The summed E-state index contributed by atoms with van der Waals surface area (Å²) in [5.74, 6) is 0. The van der Waals surface area contributed by atoms with Crippen molar-refractivity contribution in [1.82, 2.24) is 0 Å². The fraction of sp³-hybridized carbons (Fsp3) is 0.333. The Morgan fingerprint density at radius 3 is 2.75 bits per heavy atom. The lowest BCUT2D eigenvalue weighted by Crippen LogP contribution is -1.74. The second-order valence-corrected chi connectivity index (χ2v) is 2.40. The predicted molar refractivity (Wildman–Crippen MR) is 34.1 cm³/mol. The number of rotatable bonds is 1. The SMILES string of the molecule is O=PC1=CCCC=C1. The Labute approximate surface area is 50.3 Å². The fourth-order valence-electron chi connectivity index (χ4n) is 0.667. The van der Waals surface area contributed by atoms with Crippen molar-refractivity contribution in [2.24, 2.45) is 0 Å². The monoisotopic (exact) mass is 126 g/mol. The van der Waals surface area contributed by atoms with Crippen LogP contribution in [0.1, 0.15) is 12.8 Å². The summed E-state index contributed by atoms with van der Waals surface area (Å²) in [6.07, 6.45) is 8.08. The standard InChI is InChI=1S/C6H7OP/c7-8-6-4-2-1-3-5-6/h2,4-5H,1,3H2. The van der Waals surface area contributed by atoms with E-state index in [0.29, 0.717) is 0 Å². The van der Waals surface area contributed by atoms with Crippen molar-refractivity contribution < 1.29 is 4.57 Å². The maximum Gasteiger partial charge on any atom is 0.191 e. The van der Waals surface area contributed by atoms with Crippen LogP contribution in [0.15, 0.2) is 23.5 Å². The molecule has 0 aliphatic heterocycles. The molecule has 0 N–H and O–H groups in total. The summed E-state index contributed by atoms with van der Waals surface area (Å²) in [6, 6.07) is 0. The van der Waals surface area contributed by atoms with Crippen LogP contribution in [0.4, 0.5) is 0 Å². The Kier molecular flexibility index (Phi) is 1.99. The van der Waals surface area contributed by atoms with Crippen molar-refractivity contribution in [3.63, 3.8) is 0 Å². The maximum atomic E-state index is 10.1. The summed E-state index contributed by atoms with van der Waals surface area (Å²) < 4.78 is 10.1. The van der Waals surface area contributed by atoms with Gasteiger partial charge >= 0.3 is 0 Å². The van der Waals surface area contributed by atoms with Gasteiger partial charge in [-0.05, 0) is 12.8 Å². The van der Waals surface area contributed by atoms with Gasteiger partial charge in [-0.1, -0.05) is 18.2 Å². The van der Waals surface area contributed by atoms with Gasteiger partial charge in [0.05, 0.1) is 0 Å². The smallest absolute Gasteiger partial charge is 0.191 e. The molecule has 0 atom stereocenters. The van der Waals surface area contributed by atoms with Gasteiger partial charge in [0.1, 0.15) is 0 Å². The molecule has 0 fully saturated rings. The molecule has 8 heavy (non-hydrogen) atoms. The van der Waals surface area contributed by atoms with Gasteiger partial charge in [0.15, 0.2) is 8.46 Å². The molecule has 1 nitrogen and oxygen atoms in total. The van der Waals surface area contributed by atoms with Crippen molar-refractivity contribution >= 4 is 8.46 Å². The van der Waals surface area contributed by atoms with Crippen molar-refractivity contribution in [3.05, 3.63) is 23.5 Å². The zero-order valence-electron chi connectivity index (χ0n) is 4.50. The zero-order chi connectivity index (χ0) is 5.82. The summed E-state index contributed by atoms with van der Waals surface area (Å²) in [4.78, 5) is 0. The summed E-state index contributed by atoms with van der Waals surface area (Å²) >= 11 is 0. The first-order valence-electron chi connectivity index (χ1n) is 2.63. The second-order valence-electron chi connectivity index (χ2n) is 1.70. The minimum absolute atomic E-state index is 0.151. The molecule has 0 aromatic carbocycles. The van der Waals surface area contributed by atoms with Crippen molar-refractivity contribution in [2.75, 3.05) is 0 Å². The number of hydrogen-bond acceptors (Lipinski definition) is 1. The molecule has 0 spiro atoms. The van der Waals surface area contributed by atoms with Crippen LogP contribution in [-0.2, 0) is 4.57 Å². The molecule has 0 radical (unpaired) electrons. The Morgan fingerprint density at radius 2 is 2.38 bits per heavy atom. The van der Waals surface area contributed by atoms with Gasteiger partial charge in [0.2, 0.25) is 0 Å². The quantitative estimate of drug-likeness (QED) is 0.493. The Bertz CT molecular complexity index is 147. The molecule has 2 heteroatoms. The van der Waals surface area contributed by atoms with Crippen molar-refractivity contribution in [3.8, 4) is 0 Å². The zero-order valence-corrected chi connectivity index (χ0v) is 5.40. The van der Waals surface area contributed by atoms with Crippen molar-refractivity contribution in [2.45, 2.75) is 12.8 Å². The first-order chi connectivity index (χ1) is 3.93. The minimum Gasteiger partial charge on any atom is -0.269 e. The van der Waals surface area contributed by atoms with E-state index < -0.39 is 0 Å². The fourth-order valence-corrected chi connectivity index (χ4v) is 1.04. The third-order valence-electron chi connectivity index (χ3n) is 1.08. The van der Waals surface area contributed by atoms with Gasteiger partial charge in [0, 0.05) is 5.31 Å². The molecule has 0 aromatic rings. The predicted octanol–water partition coefficient (Wildman–Crippen LogP) is 2.51. The van der Waals surface area contributed by atoms with Crippen LogP contribution in [-0.4, -0.2) is 0 Å². The molecule has 1 aliphatic carbocycles. The summed E-state index contributed by atoms with van der Waals surface area (Å²) in [5, 5.41) is 0.913. The third-order valence-corrected chi connectivity index (χ3v) is 1.62. The third kappa shape index (κ3) is 1.28. The Balaban J connectivity index is 2.64. The van der Waals surface area contributed by atoms with Gasteiger partial charge in [-0.2, -0.15) is 0 Å². The Hall–Kier alpha value is -0.420. The van der Waals surface area contributed by atoms with Gasteiger partial charge in [-0.25, -0.2) is 0 Å². The molecule has 1 aliphatic rings. The van der Waals surface area contributed by atoms with Crippen LogP contribution in [0.3, 0.4) is 0 Å². The van der Waals surface area contributed by atoms with Crippen LogP contribution in [0.5, 0.6) is 0 Å². The Morgan fingerprint density at radius 1 is 1.50 bits per heavy atom. The number of allylic oxidation sites excluding steroid dienone is 4. The highest BCUT2D eigenvalue weighted by Gasteiger charge is 1.92. The largest absolute Gasteiger partial charge is 0.269 e. The summed E-state index contributed by atoms with van der Waals surface area (Å²) in [6.45, 7) is 0. The second kappa shape index (κ2) is 2.78. The van der Waals surface area contributed by atoms with Gasteiger partial charge in [0.25, 0.3) is 0 Å². The highest BCUT2D eigenvalue weighted by molar-refractivity contribution is 7.29. The summed E-state index contributed by atoms with van der Waals surface area (Å²) in [5.41, 5.74) is 0. The molecule has 0 heterocycles. The van der Waals surface area contributed by atoms with E-state index in [-0.39, 0.29) is 8.46 Å². The molecule has 0 unspecified atom stereocenters. The van der Waals surface area contributed by atoms with E-state index in [1.807, 2.05) is 18.2 Å². The first kappa shape index (κ1) is 5.71. The normalized spacial score (nSPS) is 18.8. The minimum atomic E-state index is 0.151. The van der Waals surface area contributed by atoms with E-state index in [4.69, 9.17) is 0 Å². The highest BCUT2D eigenvalue weighted by atomic mass is 31.1. The average Bonchev–Trinajstić information content (AvgIpc) is 1.90. The van der Waals surface area contributed by atoms with E-state index in [1.54, 1.807) is 0 Å². The van der Waals surface area contributed by atoms with Gasteiger partial charge in [-0.15, -0.1) is 0 Å². The molecule has 0 amide bonds. The van der Waals surface area contributed by atoms with Crippen LogP contribution in [0.25, 0.3) is 0 Å².